The summed E-state index contributed by atoms with van der Waals surface area (Å²) in [6, 6.07) is 7.21. The van der Waals surface area contributed by atoms with Gasteiger partial charge in [0.1, 0.15) is 11.8 Å². The van der Waals surface area contributed by atoms with Crippen LogP contribution in [0.5, 0.6) is 5.75 Å². The fourth-order valence-corrected chi connectivity index (χ4v) is 1.23. The summed E-state index contributed by atoms with van der Waals surface area (Å²) in [6.07, 6.45) is 0. The van der Waals surface area contributed by atoms with Gasteiger partial charge in [-0.15, -0.1) is 0 Å². The molecule has 0 aromatic heterocycles. The van der Waals surface area contributed by atoms with Gasteiger partial charge in [0.2, 0.25) is 0 Å². The summed E-state index contributed by atoms with van der Waals surface area (Å²) in [5, 5.41) is 0. The van der Waals surface area contributed by atoms with Crippen LogP contribution in [0.25, 0.3) is 0 Å². The van der Waals surface area contributed by atoms with Gasteiger partial charge in [0, 0.05) is 0 Å². The van der Waals surface area contributed by atoms with Gasteiger partial charge in [-0.3, -0.25) is 10.2 Å². The maximum Gasteiger partial charge on any atom is 0.257 e. The van der Waals surface area contributed by atoms with Crippen molar-refractivity contribution in [2.75, 3.05) is 7.11 Å². The van der Waals surface area contributed by atoms with Crippen LogP contribution in [0.2, 0.25) is 0 Å². The van der Waals surface area contributed by atoms with Gasteiger partial charge in [0.25, 0.3) is 5.91 Å². The molecule has 1 aromatic carbocycles. The SMILES string of the molecule is COc1ccc(C2NNC2=O)cc1. The number of methoxy groups -OCH3 is 1. The molecule has 0 spiro atoms. The van der Waals surface area contributed by atoms with Crippen LogP contribution < -0.4 is 15.6 Å². The largest absolute Gasteiger partial charge is 0.497 e. The van der Waals surface area contributed by atoms with Crippen LogP contribution in [0.15, 0.2) is 24.3 Å². The van der Waals surface area contributed by atoms with Crippen molar-refractivity contribution < 1.29 is 9.53 Å². The number of nitrogens with one attached hydrogen (secondary N) is 2. The van der Waals surface area contributed by atoms with Gasteiger partial charge >= 0.3 is 0 Å². The lowest BCUT2D eigenvalue weighted by Gasteiger charge is -2.27. The van der Waals surface area contributed by atoms with Gasteiger partial charge in [-0.1, -0.05) is 12.1 Å². The number of carbonyl (C=O) groups is 1. The summed E-state index contributed by atoms with van der Waals surface area (Å²) in [5.41, 5.74) is 6.22. The highest BCUT2D eigenvalue weighted by molar-refractivity contribution is 5.87. The highest BCUT2D eigenvalue weighted by Crippen LogP contribution is 2.19. The smallest absolute Gasteiger partial charge is 0.257 e. The summed E-state index contributed by atoms with van der Waals surface area (Å²) in [5.74, 6) is 0.800. The molecule has 4 nitrogen and oxygen atoms in total. The van der Waals surface area contributed by atoms with Crippen molar-refractivity contribution in [2.24, 2.45) is 0 Å². The van der Waals surface area contributed by atoms with Crippen LogP contribution in [-0.4, -0.2) is 13.0 Å². The first-order chi connectivity index (χ1) is 6.31. The average molecular weight is 178 g/mol. The van der Waals surface area contributed by atoms with E-state index in [1.807, 2.05) is 24.3 Å². The van der Waals surface area contributed by atoms with Gasteiger partial charge in [-0.25, -0.2) is 5.43 Å². The molecule has 1 aromatic rings. The minimum Gasteiger partial charge on any atom is -0.497 e. The molecule has 1 fully saturated rings. The molecule has 1 amide bonds. The highest BCUT2D eigenvalue weighted by atomic mass is 16.5. The van der Waals surface area contributed by atoms with E-state index in [0.29, 0.717) is 0 Å². The zero-order valence-corrected chi connectivity index (χ0v) is 7.20. The predicted molar refractivity (Wildman–Crippen MR) is 47.0 cm³/mol. The summed E-state index contributed by atoms with van der Waals surface area (Å²) in [7, 11) is 1.61. The Morgan fingerprint density at radius 2 is 2.00 bits per heavy atom. The second kappa shape index (κ2) is 3.06. The Labute approximate surface area is 75.9 Å². The number of benzene rings is 1. The zero-order valence-electron chi connectivity index (χ0n) is 7.20. The normalized spacial score (nSPS) is 20.4. The van der Waals surface area contributed by atoms with E-state index >= 15 is 0 Å². The number of hydrogen-bond donors (Lipinski definition) is 2. The van der Waals surface area contributed by atoms with E-state index in [-0.39, 0.29) is 11.9 Å². The van der Waals surface area contributed by atoms with E-state index in [2.05, 4.69) is 10.9 Å². The molecule has 4 heteroatoms. The molecule has 1 aliphatic rings. The topological polar surface area (TPSA) is 50.4 Å². The molecule has 0 bridgehead atoms. The molecule has 0 saturated carbocycles. The first-order valence-corrected chi connectivity index (χ1v) is 4.00. The second-order valence-electron chi connectivity index (χ2n) is 2.84. The van der Waals surface area contributed by atoms with Gasteiger partial charge in [-0.05, 0) is 17.7 Å². The van der Waals surface area contributed by atoms with Crippen LogP contribution >= 0.6 is 0 Å². The van der Waals surface area contributed by atoms with Crippen LogP contribution in [0.3, 0.4) is 0 Å². The summed E-state index contributed by atoms with van der Waals surface area (Å²) >= 11 is 0. The van der Waals surface area contributed by atoms with Crippen molar-refractivity contribution in [3.05, 3.63) is 29.8 Å². The lowest BCUT2D eigenvalue weighted by molar-refractivity contribution is -0.132. The molecule has 1 atom stereocenters. The summed E-state index contributed by atoms with van der Waals surface area (Å²) in [6.45, 7) is 0. The quantitative estimate of drug-likeness (QED) is 0.688. The molecule has 2 rings (SSSR count). The van der Waals surface area contributed by atoms with Gasteiger partial charge in [0.15, 0.2) is 0 Å². The summed E-state index contributed by atoms with van der Waals surface area (Å²) in [4.78, 5) is 11.0. The third kappa shape index (κ3) is 1.36. The van der Waals surface area contributed by atoms with Crippen molar-refractivity contribution in [1.82, 2.24) is 10.9 Å². The van der Waals surface area contributed by atoms with Gasteiger partial charge in [-0.2, -0.15) is 0 Å². The fourth-order valence-electron chi connectivity index (χ4n) is 1.23. The summed E-state index contributed by atoms with van der Waals surface area (Å²) < 4.78 is 5.01. The number of rotatable bonds is 2. The molecule has 68 valence electrons. The predicted octanol–water partition coefficient (Wildman–Crippen LogP) is 0.371. The van der Waals surface area contributed by atoms with Crippen molar-refractivity contribution in [3.63, 3.8) is 0 Å². The van der Waals surface area contributed by atoms with Crippen molar-refractivity contribution in [1.29, 1.82) is 0 Å². The number of hydrazine groups is 1. The molecular weight excluding hydrogens is 168 g/mol. The minimum atomic E-state index is -0.203. The number of hydrogen-bond acceptors (Lipinski definition) is 3. The van der Waals surface area contributed by atoms with Crippen molar-refractivity contribution >= 4 is 5.91 Å². The molecule has 0 aliphatic carbocycles. The van der Waals surface area contributed by atoms with Crippen LogP contribution in [0.4, 0.5) is 0 Å². The molecule has 1 saturated heterocycles. The Hall–Kier alpha value is -1.55. The van der Waals surface area contributed by atoms with Crippen LogP contribution in [0, 0.1) is 0 Å². The molecule has 0 radical (unpaired) electrons. The average Bonchev–Trinajstić information content (AvgIpc) is 2.17. The number of amides is 1. The van der Waals surface area contributed by atoms with Crippen LogP contribution in [-0.2, 0) is 4.79 Å². The van der Waals surface area contributed by atoms with E-state index in [1.54, 1.807) is 7.11 Å². The second-order valence-corrected chi connectivity index (χ2v) is 2.84. The molecule has 1 aliphatic heterocycles. The Morgan fingerprint density at radius 3 is 2.38 bits per heavy atom. The minimum absolute atomic E-state index is 0.00478. The first kappa shape index (κ1) is 8.07. The highest BCUT2D eigenvalue weighted by Gasteiger charge is 2.28. The van der Waals surface area contributed by atoms with Crippen molar-refractivity contribution in [3.8, 4) is 5.75 Å². The van der Waals surface area contributed by atoms with E-state index < -0.39 is 0 Å². The van der Waals surface area contributed by atoms with E-state index in [0.717, 1.165) is 11.3 Å². The maximum atomic E-state index is 11.0. The Kier molecular flexibility index (Phi) is 1.90. The fraction of sp³-hybridized carbons (Fsp3) is 0.222. The van der Waals surface area contributed by atoms with E-state index in [9.17, 15) is 4.79 Å². The Morgan fingerprint density at radius 1 is 1.31 bits per heavy atom. The van der Waals surface area contributed by atoms with E-state index in [1.165, 1.54) is 0 Å². The van der Waals surface area contributed by atoms with Gasteiger partial charge in [0.05, 0.1) is 7.11 Å². The standard InChI is InChI=1S/C9H10N2O2/c1-13-7-4-2-6(3-5-7)8-9(12)11-10-8/h2-5,8,10H,1H3,(H,11,12). The third-order valence-corrected chi connectivity index (χ3v) is 2.05. The molecule has 13 heavy (non-hydrogen) atoms. The first-order valence-electron chi connectivity index (χ1n) is 4.00. The lowest BCUT2D eigenvalue weighted by Crippen LogP contribution is -2.57. The van der Waals surface area contributed by atoms with Gasteiger partial charge < -0.3 is 4.74 Å². The van der Waals surface area contributed by atoms with Crippen molar-refractivity contribution in [2.45, 2.75) is 6.04 Å². The molecule has 1 unspecified atom stereocenters. The molecule has 2 N–H and O–H groups in total. The Balaban J connectivity index is 2.18. The Bertz CT molecular complexity index is 321. The number of carbonyl (C=O) groups excluding carboxylic acids is 1. The van der Waals surface area contributed by atoms with Crippen LogP contribution in [0.1, 0.15) is 11.6 Å². The molecular formula is C9H10N2O2. The van der Waals surface area contributed by atoms with E-state index in [4.69, 9.17) is 4.74 Å². The lowest BCUT2D eigenvalue weighted by atomic mass is 10.1. The third-order valence-electron chi connectivity index (χ3n) is 2.05. The molecule has 1 heterocycles. The maximum absolute atomic E-state index is 11.0. The number of ether oxygens (including phenoxy) is 1. The zero-order chi connectivity index (χ0) is 9.26. The monoisotopic (exact) mass is 178 g/mol.